The smallest absolute Gasteiger partial charge is 0.153 e. The number of anilines is 1. The van der Waals surface area contributed by atoms with Crippen LogP contribution >= 0.6 is 11.6 Å². The SMILES string of the molecule is Cc1nc(-c2cc3cc(Cl)ccc3o2)ccc1N. The Morgan fingerprint density at radius 3 is 2.78 bits per heavy atom. The van der Waals surface area contributed by atoms with E-state index in [0.29, 0.717) is 10.7 Å². The van der Waals surface area contributed by atoms with E-state index in [-0.39, 0.29) is 0 Å². The third-order valence-corrected chi connectivity index (χ3v) is 3.09. The summed E-state index contributed by atoms with van der Waals surface area (Å²) in [5.74, 6) is 0.718. The summed E-state index contributed by atoms with van der Waals surface area (Å²) in [6.07, 6.45) is 0. The Balaban J connectivity index is 2.16. The number of benzene rings is 1. The highest BCUT2D eigenvalue weighted by Crippen LogP contribution is 2.29. The fraction of sp³-hybridized carbons (Fsp3) is 0.0714. The molecule has 0 radical (unpaired) electrons. The predicted molar refractivity (Wildman–Crippen MR) is 73.6 cm³/mol. The monoisotopic (exact) mass is 258 g/mol. The van der Waals surface area contributed by atoms with Crippen molar-refractivity contribution in [2.75, 3.05) is 5.73 Å². The van der Waals surface area contributed by atoms with Crippen molar-refractivity contribution in [1.29, 1.82) is 0 Å². The van der Waals surface area contributed by atoms with E-state index in [1.54, 1.807) is 6.07 Å². The quantitative estimate of drug-likeness (QED) is 0.717. The molecule has 0 aliphatic heterocycles. The summed E-state index contributed by atoms with van der Waals surface area (Å²) in [4.78, 5) is 4.41. The minimum Gasteiger partial charge on any atom is -0.454 e. The van der Waals surface area contributed by atoms with Gasteiger partial charge < -0.3 is 10.2 Å². The Hall–Kier alpha value is -2.00. The zero-order valence-corrected chi connectivity index (χ0v) is 10.5. The van der Waals surface area contributed by atoms with Gasteiger partial charge in [-0.1, -0.05) is 11.6 Å². The van der Waals surface area contributed by atoms with Crippen LogP contribution in [0.5, 0.6) is 0 Å². The Kier molecular flexibility index (Phi) is 2.49. The molecule has 0 atom stereocenters. The van der Waals surface area contributed by atoms with Crippen LogP contribution in [-0.2, 0) is 0 Å². The highest BCUT2D eigenvalue weighted by Gasteiger charge is 2.08. The number of nitrogen functional groups attached to an aromatic ring is 1. The van der Waals surface area contributed by atoms with Crippen LogP contribution in [-0.4, -0.2) is 4.98 Å². The maximum atomic E-state index is 5.95. The van der Waals surface area contributed by atoms with Crippen molar-refractivity contribution in [3.05, 3.63) is 47.1 Å². The predicted octanol–water partition coefficient (Wildman–Crippen LogP) is 4.04. The van der Waals surface area contributed by atoms with Crippen LogP contribution in [0.15, 0.2) is 40.8 Å². The summed E-state index contributed by atoms with van der Waals surface area (Å²) in [6.45, 7) is 1.87. The van der Waals surface area contributed by atoms with E-state index in [9.17, 15) is 0 Å². The van der Waals surface area contributed by atoms with E-state index in [0.717, 1.165) is 28.1 Å². The normalized spacial score (nSPS) is 11.0. The molecule has 0 saturated carbocycles. The molecule has 0 saturated heterocycles. The number of nitrogens with two attached hydrogens (primary N) is 1. The number of halogens is 1. The van der Waals surface area contributed by atoms with Crippen LogP contribution in [0.4, 0.5) is 5.69 Å². The van der Waals surface area contributed by atoms with E-state index in [1.165, 1.54) is 0 Å². The van der Waals surface area contributed by atoms with Gasteiger partial charge in [-0.3, -0.25) is 0 Å². The molecule has 0 bridgehead atoms. The third kappa shape index (κ3) is 1.83. The number of pyridine rings is 1. The Morgan fingerprint density at radius 1 is 1.17 bits per heavy atom. The zero-order chi connectivity index (χ0) is 12.7. The van der Waals surface area contributed by atoms with Gasteiger partial charge in [0.1, 0.15) is 11.3 Å². The van der Waals surface area contributed by atoms with Crippen LogP contribution < -0.4 is 5.73 Å². The molecule has 0 fully saturated rings. The van der Waals surface area contributed by atoms with E-state index in [4.69, 9.17) is 21.8 Å². The molecular weight excluding hydrogens is 248 g/mol. The van der Waals surface area contributed by atoms with Crippen molar-refractivity contribution in [3.63, 3.8) is 0 Å². The molecule has 2 N–H and O–H groups in total. The van der Waals surface area contributed by atoms with Crippen molar-refractivity contribution >= 4 is 28.3 Å². The second-order valence-electron chi connectivity index (χ2n) is 4.16. The number of hydrogen-bond donors (Lipinski definition) is 1. The molecule has 1 aromatic carbocycles. The van der Waals surface area contributed by atoms with Gasteiger partial charge in [-0.05, 0) is 43.3 Å². The first-order valence-corrected chi connectivity index (χ1v) is 5.94. The maximum absolute atomic E-state index is 5.95. The lowest BCUT2D eigenvalue weighted by atomic mass is 10.2. The van der Waals surface area contributed by atoms with Crippen molar-refractivity contribution in [3.8, 4) is 11.5 Å². The molecule has 90 valence electrons. The number of furan rings is 1. The Bertz CT molecular complexity index is 734. The molecule has 2 aromatic heterocycles. The lowest BCUT2D eigenvalue weighted by Crippen LogP contribution is -1.93. The molecule has 18 heavy (non-hydrogen) atoms. The standard InChI is InChI=1S/C14H11ClN2O/c1-8-11(16)3-4-12(17-8)14-7-9-6-10(15)2-5-13(9)18-14/h2-7H,16H2,1H3. The highest BCUT2D eigenvalue weighted by molar-refractivity contribution is 6.31. The molecule has 0 amide bonds. The van der Waals surface area contributed by atoms with Crippen molar-refractivity contribution in [2.45, 2.75) is 6.92 Å². The van der Waals surface area contributed by atoms with Gasteiger partial charge in [-0.25, -0.2) is 4.98 Å². The summed E-state index contributed by atoms with van der Waals surface area (Å²) in [5, 5.41) is 1.66. The van der Waals surface area contributed by atoms with E-state index in [2.05, 4.69) is 4.98 Å². The number of aromatic nitrogens is 1. The second kappa shape index (κ2) is 4.03. The fourth-order valence-electron chi connectivity index (χ4n) is 1.85. The fourth-order valence-corrected chi connectivity index (χ4v) is 2.03. The number of aryl methyl sites for hydroxylation is 1. The lowest BCUT2D eigenvalue weighted by molar-refractivity contribution is 0.628. The summed E-state index contributed by atoms with van der Waals surface area (Å²) in [6, 6.07) is 11.1. The molecule has 0 spiro atoms. The van der Waals surface area contributed by atoms with Crippen LogP contribution in [0.3, 0.4) is 0 Å². The van der Waals surface area contributed by atoms with Gasteiger partial charge in [0.15, 0.2) is 5.76 Å². The minimum atomic E-state index is 0.679. The summed E-state index contributed by atoms with van der Waals surface area (Å²) in [5.41, 5.74) is 8.80. The topological polar surface area (TPSA) is 52.0 Å². The van der Waals surface area contributed by atoms with Crippen LogP contribution in [0, 0.1) is 6.92 Å². The maximum Gasteiger partial charge on any atom is 0.153 e. The average Bonchev–Trinajstić information content (AvgIpc) is 2.75. The molecular formula is C14H11ClN2O. The first kappa shape index (κ1) is 11.1. The summed E-state index contributed by atoms with van der Waals surface area (Å²) >= 11 is 5.95. The Morgan fingerprint density at radius 2 is 2.00 bits per heavy atom. The molecule has 0 aliphatic carbocycles. The van der Waals surface area contributed by atoms with Crippen molar-refractivity contribution in [1.82, 2.24) is 4.98 Å². The van der Waals surface area contributed by atoms with Gasteiger partial charge in [-0.15, -0.1) is 0 Å². The molecule has 2 heterocycles. The molecule has 3 aromatic rings. The van der Waals surface area contributed by atoms with Crippen LogP contribution in [0.1, 0.15) is 5.69 Å². The van der Waals surface area contributed by atoms with E-state index in [1.807, 2.05) is 37.3 Å². The van der Waals surface area contributed by atoms with Crippen LogP contribution in [0.25, 0.3) is 22.4 Å². The summed E-state index contributed by atoms with van der Waals surface area (Å²) < 4.78 is 5.74. The summed E-state index contributed by atoms with van der Waals surface area (Å²) in [7, 11) is 0. The molecule has 3 nitrogen and oxygen atoms in total. The number of hydrogen-bond acceptors (Lipinski definition) is 3. The minimum absolute atomic E-state index is 0.679. The average molecular weight is 259 g/mol. The van der Waals surface area contributed by atoms with Gasteiger partial charge in [0.05, 0.1) is 11.4 Å². The largest absolute Gasteiger partial charge is 0.454 e. The second-order valence-corrected chi connectivity index (χ2v) is 4.60. The van der Waals surface area contributed by atoms with Gasteiger partial charge in [0, 0.05) is 10.4 Å². The molecule has 4 heteroatoms. The van der Waals surface area contributed by atoms with Crippen molar-refractivity contribution < 1.29 is 4.42 Å². The zero-order valence-electron chi connectivity index (χ0n) is 9.77. The van der Waals surface area contributed by atoms with Crippen molar-refractivity contribution in [2.24, 2.45) is 0 Å². The van der Waals surface area contributed by atoms with E-state index < -0.39 is 0 Å². The molecule has 0 unspecified atom stereocenters. The van der Waals surface area contributed by atoms with Crippen LogP contribution in [0.2, 0.25) is 5.02 Å². The number of fused-ring (bicyclic) bond motifs is 1. The van der Waals surface area contributed by atoms with Gasteiger partial charge in [-0.2, -0.15) is 0 Å². The number of nitrogens with zero attached hydrogens (tertiary/aromatic N) is 1. The first-order valence-electron chi connectivity index (χ1n) is 5.56. The third-order valence-electron chi connectivity index (χ3n) is 2.86. The highest BCUT2D eigenvalue weighted by atomic mass is 35.5. The van der Waals surface area contributed by atoms with Gasteiger partial charge >= 0.3 is 0 Å². The molecule has 3 rings (SSSR count). The van der Waals surface area contributed by atoms with Gasteiger partial charge in [0.2, 0.25) is 0 Å². The first-order chi connectivity index (χ1) is 8.63. The molecule has 0 aliphatic rings. The van der Waals surface area contributed by atoms with Gasteiger partial charge in [0.25, 0.3) is 0 Å². The lowest BCUT2D eigenvalue weighted by Gasteiger charge is -2.00. The van der Waals surface area contributed by atoms with E-state index >= 15 is 0 Å². The Labute approximate surface area is 109 Å². The number of rotatable bonds is 1.